The summed E-state index contributed by atoms with van der Waals surface area (Å²) < 4.78 is 22.9. The van der Waals surface area contributed by atoms with Crippen LogP contribution in [0.5, 0.6) is 0 Å². The molecule has 2 heterocycles. The van der Waals surface area contributed by atoms with Crippen LogP contribution in [-0.4, -0.2) is 140 Å². The summed E-state index contributed by atoms with van der Waals surface area (Å²) in [4.78, 5) is 13.4. The molecule has 0 spiro atoms. The predicted molar refractivity (Wildman–Crippen MR) is 415 cm³/mol. The van der Waals surface area contributed by atoms with Gasteiger partial charge in [0.05, 0.1) is 32.0 Å². The third-order valence-corrected chi connectivity index (χ3v) is 21.3. The van der Waals surface area contributed by atoms with Crippen molar-refractivity contribution in [2.45, 2.75) is 485 Å². The first kappa shape index (κ1) is 94.3. The molecule has 0 aromatic heterocycles. The van der Waals surface area contributed by atoms with Crippen molar-refractivity contribution in [3.8, 4) is 0 Å². The number of amides is 1. The van der Waals surface area contributed by atoms with E-state index in [0.717, 1.165) is 44.9 Å². The van der Waals surface area contributed by atoms with Gasteiger partial charge in [-0.05, 0) is 51.4 Å². The lowest BCUT2D eigenvalue weighted by atomic mass is 9.97. The highest BCUT2D eigenvalue weighted by Crippen LogP contribution is 2.31. The second-order valence-corrected chi connectivity index (χ2v) is 30.7. The zero-order valence-corrected chi connectivity index (χ0v) is 65.0. The van der Waals surface area contributed by atoms with Gasteiger partial charge in [-0.2, -0.15) is 0 Å². The van der Waals surface area contributed by atoms with Crippen LogP contribution < -0.4 is 5.32 Å². The van der Waals surface area contributed by atoms with Crippen LogP contribution in [0.1, 0.15) is 412 Å². The fourth-order valence-electron chi connectivity index (χ4n) is 14.5. The van der Waals surface area contributed by atoms with E-state index in [1.165, 1.54) is 340 Å². The third kappa shape index (κ3) is 52.2. The summed E-state index contributed by atoms with van der Waals surface area (Å²) >= 11 is 0. The Balaban J connectivity index is 1.55. The summed E-state index contributed by atoms with van der Waals surface area (Å²) in [6.45, 7) is 2.86. The number of unbranched alkanes of at least 4 members (excludes halogenated alkanes) is 57. The molecule has 12 atom stereocenters. The Hall–Kier alpha value is -1.79. The van der Waals surface area contributed by atoms with Gasteiger partial charge in [0, 0.05) is 6.42 Å². The Morgan fingerprint density at radius 3 is 1.00 bits per heavy atom. The molecule has 2 saturated heterocycles. The van der Waals surface area contributed by atoms with Crippen LogP contribution in [0.3, 0.4) is 0 Å². The van der Waals surface area contributed by atoms with Crippen molar-refractivity contribution in [1.29, 1.82) is 0 Å². The first-order chi connectivity index (χ1) is 49.1. The van der Waals surface area contributed by atoms with E-state index in [4.69, 9.17) is 18.9 Å². The molecule has 590 valence electrons. The van der Waals surface area contributed by atoms with E-state index in [9.17, 15) is 45.6 Å². The van der Waals surface area contributed by atoms with E-state index < -0.39 is 86.8 Å². The number of aliphatic hydroxyl groups is 8. The van der Waals surface area contributed by atoms with Gasteiger partial charge < -0.3 is 65.1 Å². The van der Waals surface area contributed by atoms with Gasteiger partial charge in [-0.15, -0.1) is 0 Å². The fraction of sp³-hybridized carbons (Fsp3) is 0.919. The summed E-state index contributed by atoms with van der Waals surface area (Å²) in [6.07, 6.45) is 76.8. The average Bonchev–Trinajstić information content (AvgIpc) is 0.791. The average molecular weight is 1420 g/mol. The summed E-state index contributed by atoms with van der Waals surface area (Å²) in [5.74, 6) is -0.229. The highest BCUT2D eigenvalue weighted by atomic mass is 16.7. The molecule has 14 heteroatoms. The molecule has 100 heavy (non-hydrogen) atoms. The van der Waals surface area contributed by atoms with Gasteiger partial charge in [0.1, 0.15) is 48.8 Å². The van der Waals surface area contributed by atoms with Crippen molar-refractivity contribution in [2.24, 2.45) is 0 Å². The fourth-order valence-corrected chi connectivity index (χ4v) is 14.5. The Kier molecular flexibility index (Phi) is 66.2. The van der Waals surface area contributed by atoms with Crippen LogP contribution in [0, 0.1) is 0 Å². The maximum absolute atomic E-state index is 13.4. The molecule has 0 aliphatic carbocycles. The minimum absolute atomic E-state index is 0.229. The lowest BCUT2D eigenvalue weighted by Gasteiger charge is -2.46. The molecule has 0 bridgehead atoms. The predicted octanol–water partition coefficient (Wildman–Crippen LogP) is 20.4. The summed E-state index contributed by atoms with van der Waals surface area (Å²) in [7, 11) is 0. The monoisotopic (exact) mass is 1420 g/mol. The molecule has 2 aliphatic heterocycles. The van der Waals surface area contributed by atoms with Gasteiger partial charge in [0.15, 0.2) is 12.6 Å². The number of ether oxygens (including phenoxy) is 4. The number of allylic oxidation sites excluding steroid dienone is 5. The van der Waals surface area contributed by atoms with Gasteiger partial charge >= 0.3 is 0 Å². The Labute approximate surface area is 614 Å². The van der Waals surface area contributed by atoms with Crippen LogP contribution in [0.25, 0.3) is 0 Å². The number of carbonyl (C=O) groups is 1. The quantitative estimate of drug-likeness (QED) is 0.0204. The Bertz CT molecular complexity index is 1820. The van der Waals surface area contributed by atoms with Gasteiger partial charge in [0.2, 0.25) is 5.91 Å². The largest absolute Gasteiger partial charge is 0.394 e. The Morgan fingerprint density at radius 1 is 0.360 bits per heavy atom. The molecule has 12 unspecified atom stereocenters. The van der Waals surface area contributed by atoms with Gasteiger partial charge in [0.25, 0.3) is 0 Å². The van der Waals surface area contributed by atoms with Crippen molar-refractivity contribution in [3.05, 3.63) is 36.5 Å². The summed E-state index contributed by atoms with van der Waals surface area (Å²) in [5.41, 5.74) is 0. The second-order valence-electron chi connectivity index (χ2n) is 30.7. The minimum atomic E-state index is -1.79. The summed E-state index contributed by atoms with van der Waals surface area (Å²) in [5, 5.41) is 87.8. The molecule has 0 aromatic rings. The molecule has 0 aromatic carbocycles. The van der Waals surface area contributed by atoms with Crippen LogP contribution >= 0.6 is 0 Å². The van der Waals surface area contributed by atoms with Gasteiger partial charge in [-0.25, -0.2) is 0 Å². The Morgan fingerprint density at radius 2 is 0.660 bits per heavy atom. The standard InChI is InChI=1S/C86H163NO13/c1-3-5-7-9-11-13-15-17-19-21-23-25-27-29-30-31-32-33-34-35-36-37-38-39-40-41-42-43-44-46-48-50-52-54-56-58-60-62-64-66-68-70-78(91)87-74(73-97-85-83(96)81(94)84(77(72-89)99-85)100-86-82(95)80(93)79(92)76(71-88)98-86)75(90)69-67-65-63-61-59-57-55-53-51-49-47-45-28-26-24-22-20-18-16-14-12-10-8-6-4-2/h15,17,21,23,67,69,74-77,79-86,88-90,92-96H,3-14,16,18-20,22,24-66,68,70-73H2,1-2H3,(H,87,91)/b17-15-,23-21-,69-67+. The number of hydrogen-bond acceptors (Lipinski definition) is 13. The van der Waals surface area contributed by atoms with Gasteiger partial charge in [-0.3, -0.25) is 4.79 Å². The first-order valence-corrected chi connectivity index (χ1v) is 43.2. The molecule has 2 rings (SSSR count). The van der Waals surface area contributed by atoms with Crippen LogP contribution in [0.2, 0.25) is 0 Å². The van der Waals surface area contributed by atoms with Crippen molar-refractivity contribution < 1.29 is 64.6 Å². The van der Waals surface area contributed by atoms with Crippen LogP contribution in [0.15, 0.2) is 36.5 Å². The lowest BCUT2D eigenvalue weighted by molar-refractivity contribution is -0.359. The van der Waals surface area contributed by atoms with E-state index >= 15 is 0 Å². The molecule has 2 aliphatic rings. The molecule has 2 fully saturated rings. The normalized spacial score (nSPS) is 21.9. The second kappa shape index (κ2) is 70.2. The van der Waals surface area contributed by atoms with Crippen molar-refractivity contribution in [1.82, 2.24) is 5.32 Å². The molecule has 0 saturated carbocycles. The molecular formula is C86H163NO13. The van der Waals surface area contributed by atoms with Crippen LogP contribution in [0.4, 0.5) is 0 Å². The molecule has 9 N–H and O–H groups in total. The minimum Gasteiger partial charge on any atom is -0.394 e. The van der Waals surface area contributed by atoms with E-state index in [0.29, 0.717) is 6.42 Å². The smallest absolute Gasteiger partial charge is 0.220 e. The summed E-state index contributed by atoms with van der Waals surface area (Å²) in [6, 6.07) is -0.914. The maximum atomic E-state index is 13.4. The molecule has 1 amide bonds. The van der Waals surface area contributed by atoms with Crippen molar-refractivity contribution in [3.63, 3.8) is 0 Å². The van der Waals surface area contributed by atoms with Crippen molar-refractivity contribution in [2.75, 3.05) is 19.8 Å². The number of aliphatic hydroxyl groups excluding tert-OH is 8. The van der Waals surface area contributed by atoms with Gasteiger partial charge in [-0.1, -0.05) is 391 Å². The topological polar surface area (TPSA) is 228 Å². The highest BCUT2D eigenvalue weighted by molar-refractivity contribution is 5.76. The highest BCUT2D eigenvalue weighted by Gasteiger charge is 2.51. The molecule has 14 nitrogen and oxygen atoms in total. The number of nitrogens with one attached hydrogen (secondary N) is 1. The van der Waals surface area contributed by atoms with Crippen molar-refractivity contribution >= 4 is 5.91 Å². The number of hydrogen-bond donors (Lipinski definition) is 9. The molecular weight excluding hydrogens is 1250 g/mol. The number of rotatable bonds is 74. The van der Waals surface area contributed by atoms with E-state index in [-0.39, 0.29) is 18.9 Å². The number of carbonyl (C=O) groups excluding carboxylic acids is 1. The zero-order valence-electron chi connectivity index (χ0n) is 65.0. The third-order valence-electron chi connectivity index (χ3n) is 21.3. The maximum Gasteiger partial charge on any atom is 0.220 e. The lowest BCUT2D eigenvalue weighted by Crippen LogP contribution is -2.65. The van der Waals surface area contributed by atoms with E-state index in [1.807, 2.05) is 6.08 Å². The first-order valence-electron chi connectivity index (χ1n) is 43.2. The van der Waals surface area contributed by atoms with Crippen LogP contribution in [-0.2, 0) is 23.7 Å². The molecule has 0 radical (unpaired) electrons. The van der Waals surface area contributed by atoms with E-state index in [2.05, 4.69) is 43.5 Å². The zero-order chi connectivity index (χ0) is 72.2. The van der Waals surface area contributed by atoms with E-state index in [1.54, 1.807) is 6.08 Å². The SMILES string of the molecule is CCCCCCC/C=C\C/C=C\CCCCCCCCCCCCCCCCCCCCCCCCCCCCCCCC(=O)NC(COC1OC(CO)C(OC2OC(CO)C(O)C(O)C2O)C(O)C1O)C(O)/C=C/CCCCCCCCCCCCCCCCCCCCCCCCC.